The third kappa shape index (κ3) is 2.06. The molecule has 5 heteroatoms. The Labute approximate surface area is 96.0 Å². The summed E-state index contributed by atoms with van der Waals surface area (Å²) in [5.41, 5.74) is 5.25. The molecule has 2 nitrogen and oxygen atoms in total. The number of amides is 1. The highest BCUT2D eigenvalue weighted by molar-refractivity contribution is 14.1. The first-order valence-corrected chi connectivity index (χ1v) is 5.12. The van der Waals surface area contributed by atoms with E-state index in [1.54, 1.807) is 6.07 Å². The van der Waals surface area contributed by atoms with E-state index in [1.165, 1.54) is 0 Å². The molecule has 1 aromatic rings. The molecule has 0 spiro atoms. The Morgan fingerprint density at radius 1 is 1.33 bits per heavy atom. The van der Waals surface area contributed by atoms with Crippen LogP contribution in [-0.4, -0.2) is 5.91 Å². The highest BCUT2D eigenvalue weighted by Crippen LogP contribution is 2.18. The second-order valence-electron chi connectivity index (χ2n) is 2.11. The minimum absolute atomic E-state index is 0.230. The molecule has 0 fully saturated rings. The van der Waals surface area contributed by atoms with Gasteiger partial charge in [0.1, 0.15) is 5.82 Å². The summed E-state index contributed by atoms with van der Waals surface area (Å²) in [5.74, 6) is -1.01. The predicted octanol–water partition coefficient (Wildman–Crippen LogP) is 2.13. The topological polar surface area (TPSA) is 43.1 Å². The van der Waals surface area contributed by atoms with Crippen molar-refractivity contribution in [3.63, 3.8) is 0 Å². The van der Waals surface area contributed by atoms with E-state index in [2.05, 4.69) is 0 Å². The van der Waals surface area contributed by atoms with Crippen LogP contribution in [0.5, 0.6) is 0 Å². The average molecular weight is 391 g/mol. The summed E-state index contributed by atoms with van der Waals surface area (Å²) in [4.78, 5) is 10.7. The molecule has 2 N–H and O–H groups in total. The van der Waals surface area contributed by atoms with Gasteiger partial charge in [-0.1, -0.05) is 0 Å². The molecule has 0 saturated carbocycles. The highest BCUT2D eigenvalue weighted by Gasteiger charge is 2.09. The summed E-state index contributed by atoms with van der Waals surface area (Å²) in [6, 6.07) is 2.74. The van der Waals surface area contributed by atoms with Crippen LogP contribution in [0.1, 0.15) is 10.4 Å². The van der Waals surface area contributed by atoms with E-state index in [0.29, 0.717) is 7.14 Å². The maximum atomic E-state index is 12.9. The zero-order chi connectivity index (χ0) is 9.30. The maximum absolute atomic E-state index is 12.9. The first-order chi connectivity index (χ1) is 5.52. The number of carbonyl (C=O) groups excluding carboxylic acids is 1. The standard InChI is InChI=1S/C7H4FI2NO/c8-4-1-3(7(11)12)5(9)2-6(4)10/h1-2H,(H2,11,12). The molecule has 1 rings (SSSR count). The van der Waals surface area contributed by atoms with Crippen LogP contribution < -0.4 is 5.73 Å². The van der Waals surface area contributed by atoms with Crippen molar-refractivity contribution in [1.29, 1.82) is 0 Å². The van der Waals surface area contributed by atoms with Gasteiger partial charge in [0.2, 0.25) is 5.91 Å². The molecule has 0 aliphatic rings. The number of halogens is 3. The summed E-state index contributed by atoms with van der Waals surface area (Å²) in [6.45, 7) is 0. The number of hydrogen-bond donors (Lipinski definition) is 1. The number of rotatable bonds is 1. The number of primary amides is 1. The fraction of sp³-hybridized carbons (Fsp3) is 0. The molecule has 0 atom stereocenters. The fourth-order valence-electron chi connectivity index (χ4n) is 0.711. The van der Waals surface area contributed by atoms with Crippen LogP contribution in [0.25, 0.3) is 0 Å². The van der Waals surface area contributed by atoms with Crippen LogP contribution in [-0.2, 0) is 0 Å². The van der Waals surface area contributed by atoms with Gasteiger partial charge in [-0.05, 0) is 57.3 Å². The lowest BCUT2D eigenvalue weighted by Crippen LogP contribution is -2.13. The molecule has 0 radical (unpaired) electrons. The van der Waals surface area contributed by atoms with Crippen molar-refractivity contribution in [2.24, 2.45) is 5.73 Å². The zero-order valence-electron chi connectivity index (χ0n) is 5.77. The van der Waals surface area contributed by atoms with Crippen LogP contribution in [0.2, 0.25) is 0 Å². The molecule has 64 valence electrons. The van der Waals surface area contributed by atoms with Crippen LogP contribution in [0.15, 0.2) is 12.1 Å². The summed E-state index contributed by atoms with van der Waals surface area (Å²) < 4.78 is 14.1. The second kappa shape index (κ2) is 3.86. The van der Waals surface area contributed by atoms with Crippen molar-refractivity contribution in [2.45, 2.75) is 0 Å². The van der Waals surface area contributed by atoms with Crippen molar-refractivity contribution >= 4 is 51.1 Å². The number of benzene rings is 1. The van der Waals surface area contributed by atoms with Crippen molar-refractivity contribution in [2.75, 3.05) is 0 Å². The van der Waals surface area contributed by atoms with E-state index in [4.69, 9.17) is 5.73 Å². The molecule has 12 heavy (non-hydrogen) atoms. The van der Waals surface area contributed by atoms with Gasteiger partial charge in [-0.2, -0.15) is 0 Å². The Morgan fingerprint density at radius 3 is 2.42 bits per heavy atom. The van der Waals surface area contributed by atoms with E-state index in [-0.39, 0.29) is 5.56 Å². The van der Waals surface area contributed by atoms with Gasteiger partial charge in [-0.25, -0.2) is 4.39 Å². The van der Waals surface area contributed by atoms with Crippen LogP contribution >= 0.6 is 45.2 Å². The fourth-order valence-corrected chi connectivity index (χ4v) is 2.51. The Kier molecular flexibility index (Phi) is 3.27. The minimum Gasteiger partial charge on any atom is -0.366 e. The third-order valence-electron chi connectivity index (χ3n) is 1.28. The Bertz CT molecular complexity index is 340. The molecule has 0 aliphatic heterocycles. The lowest BCUT2D eigenvalue weighted by molar-refractivity contribution is 0.0999. The Balaban J connectivity index is 3.33. The molecule has 1 aromatic carbocycles. The highest BCUT2D eigenvalue weighted by atomic mass is 127. The molecule has 0 aromatic heterocycles. The molecular formula is C7H4FI2NO. The predicted molar refractivity (Wildman–Crippen MR) is 60.4 cm³/mol. The molecule has 1 amide bonds. The van der Waals surface area contributed by atoms with E-state index >= 15 is 0 Å². The number of nitrogens with two attached hydrogens (primary N) is 1. The SMILES string of the molecule is NC(=O)c1cc(F)c(I)cc1I. The zero-order valence-corrected chi connectivity index (χ0v) is 10.1. The van der Waals surface area contributed by atoms with Gasteiger partial charge in [-0.15, -0.1) is 0 Å². The van der Waals surface area contributed by atoms with Gasteiger partial charge in [0.15, 0.2) is 0 Å². The lowest BCUT2D eigenvalue weighted by Gasteiger charge is -2.01. The largest absolute Gasteiger partial charge is 0.366 e. The summed E-state index contributed by atoms with van der Waals surface area (Å²) in [6.07, 6.45) is 0. The monoisotopic (exact) mass is 391 g/mol. The molecule has 0 saturated heterocycles. The van der Waals surface area contributed by atoms with E-state index in [1.807, 2.05) is 45.2 Å². The van der Waals surface area contributed by atoms with Gasteiger partial charge < -0.3 is 5.73 Å². The van der Waals surface area contributed by atoms with Crippen molar-refractivity contribution in [3.05, 3.63) is 30.7 Å². The van der Waals surface area contributed by atoms with E-state index < -0.39 is 11.7 Å². The van der Waals surface area contributed by atoms with Gasteiger partial charge in [0, 0.05) is 7.14 Å². The molecular weight excluding hydrogens is 387 g/mol. The second-order valence-corrected chi connectivity index (χ2v) is 4.43. The van der Waals surface area contributed by atoms with Crippen molar-refractivity contribution in [3.8, 4) is 0 Å². The Morgan fingerprint density at radius 2 is 1.92 bits per heavy atom. The first-order valence-electron chi connectivity index (χ1n) is 2.96. The third-order valence-corrected chi connectivity index (χ3v) is 2.99. The molecule has 0 unspecified atom stereocenters. The maximum Gasteiger partial charge on any atom is 0.249 e. The van der Waals surface area contributed by atoms with Crippen molar-refractivity contribution in [1.82, 2.24) is 0 Å². The summed E-state index contributed by atoms with van der Waals surface area (Å²) >= 11 is 3.80. The number of hydrogen-bond acceptors (Lipinski definition) is 1. The van der Waals surface area contributed by atoms with E-state index in [0.717, 1.165) is 6.07 Å². The summed E-state index contributed by atoms with van der Waals surface area (Å²) in [5, 5.41) is 0. The van der Waals surface area contributed by atoms with Crippen LogP contribution in [0, 0.1) is 13.0 Å². The summed E-state index contributed by atoms with van der Waals surface area (Å²) in [7, 11) is 0. The van der Waals surface area contributed by atoms with E-state index in [9.17, 15) is 9.18 Å². The minimum atomic E-state index is -0.602. The van der Waals surface area contributed by atoms with Gasteiger partial charge >= 0.3 is 0 Å². The number of carbonyl (C=O) groups is 1. The van der Waals surface area contributed by atoms with Gasteiger partial charge in [0.25, 0.3) is 0 Å². The van der Waals surface area contributed by atoms with Gasteiger partial charge in [0.05, 0.1) is 5.56 Å². The Hall–Kier alpha value is 0.0800. The average Bonchev–Trinajstić information content (AvgIpc) is 1.96. The quantitative estimate of drug-likeness (QED) is 0.579. The van der Waals surface area contributed by atoms with Crippen LogP contribution in [0.4, 0.5) is 4.39 Å². The molecule has 0 bridgehead atoms. The van der Waals surface area contributed by atoms with Crippen LogP contribution in [0.3, 0.4) is 0 Å². The molecule has 0 aliphatic carbocycles. The normalized spacial score (nSPS) is 9.92. The molecule has 0 heterocycles. The first kappa shape index (κ1) is 10.2. The lowest BCUT2D eigenvalue weighted by atomic mass is 10.2. The van der Waals surface area contributed by atoms with Crippen molar-refractivity contribution < 1.29 is 9.18 Å². The van der Waals surface area contributed by atoms with Gasteiger partial charge in [-0.3, -0.25) is 4.79 Å². The smallest absolute Gasteiger partial charge is 0.249 e.